The van der Waals surface area contributed by atoms with Crippen LogP contribution in [0.5, 0.6) is 0 Å². The Kier molecular flexibility index (Phi) is 6.47. The Morgan fingerprint density at radius 3 is 2.61 bits per heavy atom. The molecule has 0 fully saturated rings. The normalized spacial score (nSPS) is 16.4. The third-order valence-electron chi connectivity index (χ3n) is 3.70. The molecule has 2 amide bonds. The van der Waals surface area contributed by atoms with Crippen LogP contribution in [-0.2, 0) is 4.79 Å². The number of nitrogens with one attached hydrogen (secondary N) is 2. The van der Waals surface area contributed by atoms with Gasteiger partial charge in [0.1, 0.15) is 6.04 Å². The molecule has 0 spiro atoms. The molecule has 1 aromatic rings. The van der Waals surface area contributed by atoms with Gasteiger partial charge in [0, 0.05) is 16.3 Å². The maximum atomic E-state index is 12.5. The molecule has 124 valence electrons. The molecule has 0 bridgehead atoms. The highest BCUT2D eigenvalue weighted by atomic mass is 35.5. The molecule has 1 aliphatic rings. The van der Waals surface area contributed by atoms with Crippen LogP contribution in [0.25, 0.3) is 0 Å². The van der Waals surface area contributed by atoms with E-state index in [2.05, 4.69) is 15.6 Å². The Balaban J connectivity index is 2.06. The van der Waals surface area contributed by atoms with Crippen molar-refractivity contribution in [3.8, 4) is 0 Å². The molecule has 0 aromatic heterocycles. The number of amides is 2. The summed E-state index contributed by atoms with van der Waals surface area (Å²) in [6.07, 6.45) is 0.776. The van der Waals surface area contributed by atoms with Crippen molar-refractivity contribution >= 4 is 40.3 Å². The lowest BCUT2D eigenvalue weighted by atomic mass is 9.98. The van der Waals surface area contributed by atoms with Gasteiger partial charge >= 0.3 is 0 Å². The second kappa shape index (κ2) is 8.36. The van der Waals surface area contributed by atoms with Crippen molar-refractivity contribution in [3.63, 3.8) is 0 Å². The Morgan fingerprint density at radius 1 is 1.35 bits per heavy atom. The summed E-state index contributed by atoms with van der Waals surface area (Å²) < 4.78 is 0. The summed E-state index contributed by atoms with van der Waals surface area (Å²) in [6, 6.07) is 5.98. The minimum absolute atomic E-state index is 0.0123. The van der Waals surface area contributed by atoms with Gasteiger partial charge in [0.25, 0.3) is 5.91 Å². The molecule has 23 heavy (non-hydrogen) atoms. The average Bonchev–Trinajstić information content (AvgIpc) is 3.05. The van der Waals surface area contributed by atoms with E-state index in [1.807, 2.05) is 13.8 Å². The molecule has 1 aliphatic heterocycles. The molecule has 7 heteroatoms. The van der Waals surface area contributed by atoms with Gasteiger partial charge in [-0.05, 0) is 30.2 Å². The second-order valence-electron chi connectivity index (χ2n) is 5.37. The van der Waals surface area contributed by atoms with Gasteiger partial charge < -0.3 is 10.6 Å². The van der Waals surface area contributed by atoms with E-state index in [1.165, 1.54) is 11.8 Å². The van der Waals surface area contributed by atoms with E-state index in [1.54, 1.807) is 24.3 Å². The molecule has 2 unspecified atom stereocenters. The molecule has 5 nitrogen and oxygen atoms in total. The number of nitrogens with zero attached hydrogens (tertiary/aromatic N) is 1. The standard InChI is InChI=1S/C16H20ClN3O2S/c1-3-10(2)13(15(22)20-16-18-8-9-23-16)19-14(21)11-4-6-12(17)7-5-11/h4-7,10,13H,3,8-9H2,1-2H3,(H,19,21)(H,18,20,22). The molecular formula is C16H20ClN3O2S. The quantitative estimate of drug-likeness (QED) is 0.855. The molecule has 2 atom stereocenters. The van der Waals surface area contributed by atoms with Gasteiger partial charge in [0.15, 0.2) is 5.17 Å². The number of amidine groups is 1. The summed E-state index contributed by atoms with van der Waals surface area (Å²) in [5, 5.41) is 6.81. The number of thioether (sulfide) groups is 1. The van der Waals surface area contributed by atoms with Gasteiger partial charge in [-0.25, -0.2) is 0 Å². The number of hydrogen-bond acceptors (Lipinski definition) is 4. The van der Waals surface area contributed by atoms with E-state index in [0.717, 1.165) is 12.2 Å². The summed E-state index contributed by atoms with van der Waals surface area (Å²) >= 11 is 7.34. The summed E-state index contributed by atoms with van der Waals surface area (Å²) in [5.41, 5.74) is 0.475. The Morgan fingerprint density at radius 2 is 2.04 bits per heavy atom. The third-order valence-corrected chi connectivity index (χ3v) is 4.85. The predicted octanol–water partition coefficient (Wildman–Crippen LogP) is 2.70. The van der Waals surface area contributed by atoms with E-state index in [9.17, 15) is 9.59 Å². The van der Waals surface area contributed by atoms with Gasteiger partial charge in [-0.3, -0.25) is 14.6 Å². The lowest BCUT2D eigenvalue weighted by Gasteiger charge is -2.23. The van der Waals surface area contributed by atoms with Crippen molar-refractivity contribution in [1.82, 2.24) is 10.6 Å². The van der Waals surface area contributed by atoms with Gasteiger partial charge in [0.05, 0.1) is 6.54 Å². The number of hydrogen-bond donors (Lipinski definition) is 2. The molecular weight excluding hydrogens is 334 g/mol. The summed E-state index contributed by atoms with van der Waals surface area (Å²) in [6.45, 7) is 4.64. The zero-order valence-electron chi connectivity index (χ0n) is 13.1. The van der Waals surface area contributed by atoms with E-state index in [-0.39, 0.29) is 17.7 Å². The number of benzene rings is 1. The Hall–Kier alpha value is -1.53. The van der Waals surface area contributed by atoms with Crippen molar-refractivity contribution in [2.45, 2.75) is 26.3 Å². The van der Waals surface area contributed by atoms with Crippen molar-refractivity contribution in [3.05, 3.63) is 34.9 Å². The predicted molar refractivity (Wildman–Crippen MR) is 95.1 cm³/mol. The molecule has 1 heterocycles. The molecule has 2 rings (SSSR count). The minimum atomic E-state index is -0.605. The van der Waals surface area contributed by atoms with Crippen LogP contribution in [0.4, 0.5) is 0 Å². The first kappa shape index (κ1) is 17.8. The first-order chi connectivity index (χ1) is 11.0. The van der Waals surface area contributed by atoms with E-state index in [0.29, 0.717) is 22.3 Å². The van der Waals surface area contributed by atoms with Crippen LogP contribution in [0, 0.1) is 5.92 Å². The topological polar surface area (TPSA) is 70.6 Å². The SMILES string of the molecule is CCC(C)C(NC(=O)c1ccc(Cl)cc1)C(=O)NC1=NCCS1. The summed E-state index contributed by atoms with van der Waals surface area (Å²) in [4.78, 5) is 29.0. The highest BCUT2D eigenvalue weighted by Crippen LogP contribution is 2.14. The van der Waals surface area contributed by atoms with Crippen LogP contribution in [0.15, 0.2) is 29.3 Å². The van der Waals surface area contributed by atoms with Gasteiger partial charge in [-0.2, -0.15) is 0 Å². The zero-order valence-corrected chi connectivity index (χ0v) is 14.7. The number of carbonyl (C=O) groups is 2. The molecule has 2 N–H and O–H groups in total. The zero-order chi connectivity index (χ0) is 16.8. The lowest BCUT2D eigenvalue weighted by Crippen LogP contribution is -2.51. The summed E-state index contributed by atoms with van der Waals surface area (Å²) in [7, 11) is 0. The smallest absolute Gasteiger partial charge is 0.251 e. The van der Waals surface area contributed by atoms with Gasteiger partial charge in [-0.15, -0.1) is 0 Å². The van der Waals surface area contributed by atoms with Crippen LogP contribution in [0.2, 0.25) is 5.02 Å². The fourth-order valence-corrected chi connectivity index (χ4v) is 2.98. The Labute approximate surface area is 145 Å². The third kappa shape index (κ3) is 4.97. The molecule has 0 saturated heterocycles. The van der Waals surface area contributed by atoms with Crippen molar-refractivity contribution in [2.24, 2.45) is 10.9 Å². The van der Waals surface area contributed by atoms with Crippen LogP contribution < -0.4 is 10.6 Å². The molecule has 0 radical (unpaired) electrons. The number of halogens is 1. The fourth-order valence-electron chi connectivity index (χ4n) is 2.12. The van der Waals surface area contributed by atoms with Gasteiger partial charge in [-0.1, -0.05) is 43.6 Å². The maximum Gasteiger partial charge on any atom is 0.251 e. The lowest BCUT2D eigenvalue weighted by molar-refractivity contribution is -0.122. The van der Waals surface area contributed by atoms with Crippen LogP contribution in [0.1, 0.15) is 30.6 Å². The van der Waals surface area contributed by atoms with Crippen LogP contribution >= 0.6 is 23.4 Å². The fraction of sp³-hybridized carbons (Fsp3) is 0.438. The van der Waals surface area contributed by atoms with Crippen LogP contribution in [-0.4, -0.2) is 35.3 Å². The number of rotatable bonds is 5. The van der Waals surface area contributed by atoms with Crippen molar-refractivity contribution in [2.75, 3.05) is 12.3 Å². The Bertz CT molecular complexity index is 604. The largest absolute Gasteiger partial charge is 0.340 e. The molecule has 0 aliphatic carbocycles. The number of aliphatic imine (C=N–C) groups is 1. The van der Waals surface area contributed by atoms with Crippen molar-refractivity contribution < 1.29 is 9.59 Å². The highest BCUT2D eigenvalue weighted by Gasteiger charge is 2.27. The highest BCUT2D eigenvalue weighted by molar-refractivity contribution is 8.14. The first-order valence-electron chi connectivity index (χ1n) is 7.55. The second-order valence-corrected chi connectivity index (χ2v) is 6.89. The monoisotopic (exact) mass is 353 g/mol. The first-order valence-corrected chi connectivity index (χ1v) is 8.92. The van der Waals surface area contributed by atoms with E-state index >= 15 is 0 Å². The number of carbonyl (C=O) groups excluding carboxylic acids is 2. The van der Waals surface area contributed by atoms with E-state index in [4.69, 9.17) is 11.6 Å². The van der Waals surface area contributed by atoms with Crippen LogP contribution in [0.3, 0.4) is 0 Å². The maximum absolute atomic E-state index is 12.5. The molecule has 0 saturated carbocycles. The van der Waals surface area contributed by atoms with E-state index < -0.39 is 6.04 Å². The van der Waals surface area contributed by atoms with Gasteiger partial charge in [0.2, 0.25) is 5.91 Å². The van der Waals surface area contributed by atoms with Crippen molar-refractivity contribution in [1.29, 1.82) is 0 Å². The average molecular weight is 354 g/mol. The minimum Gasteiger partial charge on any atom is -0.340 e. The molecule has 1 aromatic carbocycles. The summed E-state index contributed by atoms with van der Waals surface area (Å²) in [5.74, 6) is 0.372.